The van der Waals surface area contributed by atoms with Crippen molar-refractivity contribution in [1.82, 2.24) is 0 Å². The van der Waals surface area contributed by atoms with Crippen LogP contribution in [-0.2, 0) is 0 Å². The molecule has 0 aromatic heterocycles. The first kappa shape index (κ1) is 8.55. The second-order valence-electron chi connectivity index (χ2n) is 3.02. The number of benzene rings is 1. The summed E-state index contributed by atoms with van der Waals surface area (Å²) in [6.45, 7) is 4.01. The van der Waals surface area contributed by atoms with E-state index in [0.29, 0.717) is 0 Å². The Hall–Kier alpha value is -0.550. The molecule has 0 heterocycles. The molecule has 1 nitrogen and oxygen atoms in total. The summed E-state index contributed by atoms with van der Waals surface area (Å²) in [5.74, 6) is 0.910. The maximum Gasteiger partial charge on any atom is 0.120 e. The van der Waals surface area contributed by atoms with Gasteiger partial charge >= 0.3 is 0 Å². The minimum absolute atomic E-state index is 0.179. The van der Waals surface area contributed by atoms with Crippen LogP contribution in [-0.4, -0.2) is 5.34 Å². The molecule has 1 unspecified atom stereocenters. The van der Waals surface area contributed by atoms with Crippen LogP contribution in [0.4, 0.5) is 0 Å². The Balaban J connectivity index is 2.66. The van der Waals surface area contributed by atoms with Gasteiger partial charge in [0.2, 0.25) is 0 Å². The lowest BCUT2D eigenvalue weighted by Crippen LogP contribution is -2.18. The third kappa shape index (κ3) is 3.38. The van der Waals surface area contributed by atoms with Gasteiger partial charge < -0.3 is 4.74 Å². The summed E-state index contributed by atoms with van der Waals surface area (Å²) in [6.07, 6.45) is 0. The van der Waals surface area contributed by atoms with Gasteiger partial charge in [0, 0.05) is 0 Å². The van der Waals surface area contributed by atoms with Crippen LogP contribution in [0.15, 0.2) is 30.3 Å². The lowest BCUT2D eigenvalue weighted by Gasteiger charge is -2.20. The standard InChI is InChI=1S/C9H13OP/c1-9(2,11)10-8-6-4-3-5-7-8/h3-7H,11H2,1-2H3. The van der Waals surface area contributed by atoms with Crippen LogP contribution in [0, 0.1) is 0 Å². The average molecular weight is 168 g/mol. The first-order valence-corrected chi connectivity index (χ1v) is 4.18. The highest BCUT2D eigenvalue weighted by Crippen LogP contribution is 2.22. The summed E-state index contributed by atoms with van der Waals surface area (Å²) in [5, 5.41) is -0.179. The van der Waals surface area contributed by atoms with E-state index in [-0.39, 0.29) is 5.34 Å². The van der Waals surface area contributed by atoms with Crippen LogP contribution in [0.2, 0.25) is 0 Å². The molecule has 2 heteroatoms. The number of ether oxygens (including phenoxy) is 1. The summed E-state index contributed by atoms with van der Waals surface area (Å²) >= 11 is 0. The minimum atomic E-state index is -0.179. The maximum absolute atomic E-state index is 5.56. The fourth-order valence-electron chi connectivity index (χ4n) is 0.792. The monoisotopic (exact) mass is 168 g/mol. The molecule has 0 radical (unpaired) electrons. The summed E-state index contributed by atoms with van der Waals surface area (Å²) in [7, 11) is 2.64. The van der Waals surface area contributed by atoms with E-state index in [2.05, 4.69) is 9.24 Å². The average Bonchev–Trinajstić information content (AvgIpc) is 1.85. The Bertz CT molecular complexity index is 213. The van der Waals surface area contributed by atoms with Crippen LogP contribution in [0.1, 0.15) is 13.8 Å². The van der Waals surface area contributed by atoms with Gasteiger partial charge in [0.1, 0.15) is 11.1 Å². The summed E-state index contributed by atoms with van der Waals surface area (Å²) in [4.78, 5) is 0. The van der Waals surface area contributed by atoms with Gasteiger partial charge in [-0.15, -0.1) is 0 Å². The van der Waals surface area contributed by atoms with E-state index in [1.165, 1.54) is 0 Å². The Morgan fingerprint density at radius 3 is 2.18 bits per heavy atom. The number of hydrogen-bond acceptors (Lipinski definition) is 1. The van der Waals surface area contributed by atoms with E-state index in [9.17, 15) is 0 Å². The van der Waals surface area contributed by atoms with Crippen molar-refractivity contribution in [3.8, 4) is 5.75 Å². The number of para-hydroxylation sites is 1. The number of hydrogen-bond donors (Lipinski definition) is 0. The molecule has 0 N–H and O–H groups in total. The van der Waals surface area contributed by atoms with Crippen LogP contribution >= 0.6 is 9.24 Å². The fourth-order valence-corrected chi connectivity index (χ4v) is 0.928. The minimum Gasteiger partial charge on any atom is -0.484 e. The molecule has 1 rings (SSSR count). The quantitative estimate of drug-likeness (QED) is 0.617. The first-order valence-electron chi connectivity index (χ1n) is 3.61. The molecule has 0 saturated heterocycles. The molecule has 0 spiro atoms. The van der Waals surface area contributed by atoms with Crippen molar-refractivity contribution in [3.05, 3.63) is 30.3 Å². The van der Waals surface area contributed by atoms with E-state index in [1.54, 1.807) is 0 Å². The smallest absolute Gasteiger partial charge is 0.120 e. The molecule has 0 amide bonds. The molecular weight excluding hydrogens is 155 g/mol. The predicted molar refractivity (Wildman–Crippen MR) is 50.9 cm³/mol. The Kier molecular flexibility index (Phi) is 2.51. The molecule has 0 fully saturated rings. The molecule has 60 valence electrons. The molecule has 1 aromatic carbocycles. The topological polar surface area (TPSA) is 9.23 Å². The zero-order valence-corrected chi connectivity index (χ0v) is 8.03. The third-order valence-electron chi connectivity index (χ3n) is 1.12. The van der Waals surface area contributed by atoms with Gasteiger partial charge in [-0.1, -0.05) is 27.4 Å². The fraction of sp³-hybridized carbons (Fsp3) is 0.333. The van der Waals surface area contributed by atoms with E-state index >= 15 is 0 Å². The molecular formula is C9H13OP. The van der Waals surface area contributed by atoms with Gasteiger partial charge in [0.15, 0.2) is 0 Å². The largest absolute Gasteiger partial charge is 0.484 e. The summed E-state index contributed by atoms with van der Waals surface area (Å²) in [5.41, 5.74) is 0. The highest BCUT2D eigenvalue weighted by Gasteiger charge is 2.10. The first-order chi connectivity index (χ1) is 5.08. The second-order valence-corrected chi connectivity index (χ2v) is 4.41. The van der Waals surface area contributed by atoms with Crippen LogP contribution < -0.4 is 4.74 Å². The van der Waals surface area contributed by atoms with Crippen LogP contribution in [0.25, 0.3) is 0 Å². The lowest BCUT2D eigenvalue weighted by molar-refractivity contribution is 0.206. The van der Waals surface area contributed by atoms with Gasteiger partial charge in [-0.3, -0.25) is 0 Å². The molecule has 0 aliphatic heterocycles. The zero-order chi connectivity index (χ0) is 8.32. The van der Waals surface area contributed by atoms with E-state index in [1.807, 2.05) is 44.2 Å². The van der Waals surface area contributed by atoms with Gasteiger partial charge in [-0.05, 0) is 26.0 Å². The van der Waals surface area contributed by atoms with Crippen molar-refractivity contribution in [2.24, 2.45) is 0 Å². The van der Waals surface area contributed by atoms with Crippen molar-refractivity contribution >= 4 is 9.24 Å². The molecule has 1 atom stereocenters. The predicted octanol–water partition coefficient (Wildman–Crippen LogP) is 2.68. The zero-order valence-electron chi connectivity index (χ0n) is 6.87. The van der Waals surface area contributed by atoms with Gasteiger partial charge in [-0.2, -0.15) is 0 Å². The van der Waals surface area contributed by atoms with Gasteiger partial charge in [0.05, 0.1) is 0 Å². The van der Waals surface area contributed by atoms with Crippen molar-refractivity contribution < 1.29 is 4.74 Å². The molecule has 0 bridgehead atoms. The summed E-state index contributed by atoms with van der Waals surface area (Å²) in [6, 6.07) is 9.80. The van der Waals surface area contributed by atoms with Crippen molar-refractivity contribution in [2.75, 3.05) is 0 Å². The Morgan fingerprint density at radius 2 is 1.73 bits per heavy atom. The van der Waals surface area contributed by atoms with Crippen molar-refractivity contribution in [2.45, 2.75) is 19.2 Å². The Labute approximate surface area is 70.0 Å². The third-order valence-corrected chi connectivity index (χ3v) is 1.24. The van der Waals surface area contributed by atoms with Crippen molar-refractivity contribution in [3.63, 3.8) is 0 Å². The van der Waals surface area contributed by atoms with Crippen LogP contribution in [0.5, 0.6) is 5.75 Å². The summed E-state index contributed by atoms with van der Waals surface area (Å²) < 4.78 is 5.56. The lowest BCUT2D eigenvalue weighted by atomic mass is 10.3. The van der Waals surface area contributed by atoms with Crippen LogP contribution in [0.3, 0.4) is 0 Å². The van der Waals surface area contributed by atoms with E-state index in [0.717, 1.165) is 5.75 Å². The van der Waals surface area contributed by atoms with E-state index in [4.69, 9.17) is 4.74 Å². The van der Waals surface area contributed by atoms with E-state index < -0.39 is 0 Å². The van der Waals surface area contributed by atoms with Crippen molar-refractivity contribution in [1.29, 1.82) is 0 Å². The molecule has 0 aliphatic rings. The van der Waals surface area contributed by atoms with Gasteiger partial charge in [0.25, 0.3) is 0 Å². The Morgan fingerprint density at radius 1 is 1.18 bits per heavy atom. The highest BCUT2D eigenvalue weighted by atomic mass is 31.0. The SMILES string of the molecule is CC(C)(P)Oc1ccccc1. The molecule has 1 aromatic rings. The molecule has 11 heavy (non-hydrogen) atoms. The number of rotatable bonds is 2. The normalized spacial score (nSPS) is 11.2. The van der Waals surface area contributed by atoms with Gasteiger partial charge in [-0.25, -0.2) is 0 Å². The second kappa shape index (κ2) is 3.23. The maximum atomic E-state index is 5.56. The molecule has 0 aliphatic carbocycles. The highest BCUT2D eigenvalue weighted by molar-refractivity contribution is 7.18. The molecule has 0 saturated carbocycles.